The Balaban J connectivity index is 2.18. The minimum Gasteiger partial charge on any atom is -0.289 e. The molecule has 1 aromatic heterocycles. The number of pyridine rings is 1. The van der Waals surface area contributed by atoms with E-state index in [0.29, 0.717) is 15.6 Å². The number of allylic oxidation sites excluding steroid dienone is 1. The Morgan fingerprint density at radius 1 is 1.21 bits per heavy atom. The quantitative estimate of drug-likeness (QED) is 0.611. The fraction of sp³-hybridized carbons (Fsp3) is 0.0667. The highest BCUT2D eigenvalue weighted by molar-refractivity contribution is 6.35. The number of carbonyl (C=O) groups excluding carboxylic acids is 1. The summed E-state index contributed by atoms with van der Waals surface area (Å²) in [5.74, 6) is -0.112. The number of carbonyl (C=O) groups is 1. The number of rotatable bonds is 3. The maximum Gasteiger partial charge on any atom is 0.187 e. The van der Waals surface area contributed by atoms with Crippen molar-refractivity contribution in [3.05, 3.63) is 69.5 Å². The van der Waals surface area contributed by atoms with Gasteiger partial charge < -0.3 is 0 Å². The van der Waals surface area contributed by atoms with E-state index in [1.165, 1.54) is 6.08 Å². The SMILES string of the molecule is Cc1ccc(C(=O)/C=C/c2ccc(Cl)cc2Cl)cn1. The van der Waals surface area contributed by atoms with E-state index >= 15 is 0 Å². The minimum absolute atomic E-state index is 0.112. The van der Waals surface area contributed by atoms with E-state index in [2.05, 4.69) is 4.98 Å². The van der Waals surface area contributed by atoms with Crippen LogP contribution in [0.1, 0.15) is 21.6 Å². The molecule has 0 atom stereocenters. The molecule has 0 fully saturated rings. The lowest BCUT2D eigenvalue weighted by Crippen LogP contribution is -1.95. The van der Waals surface area contributed by atoms with Gasteiger partial charge in [0.25, 0.3) is 0 Å². The van der Waals surface area contributed by atoms with Crippen LogP contribution in [-0.4, -0.2) is 10.8 Å². The Bertz CT molecular complexity index is 633. The lowest BCUT2D eigenvalue weighted by atomic mass is 10.1. The molecule has 2 nitrogen and oxygen atoms in total. The molecule has 0 bridgehead atoms. The van der Waals surface area contributed by atoms with Crippen LogP contribution < -0.4 is 0 Å². The van der Waals surface area contributed by atoms with Gasteiger partial charge in [0.2, 0.25) is 0 Å². The van der Waals surface area contributed by atoms with Crippen LogP contribution in [0.15, 0.2) is 42.6 Å². The Hall–Kier alpha value is -1.64. The first kappa shape index (κ1) is 13.8. The largest absolute Gasteiger partial charge is 0.289 e. The van der Waals surface area contributed by atoms with Gasteiger partial charge in [-0.2, -0.15) is 0 Å². The van der Waals surface area contributed by atoms with Crippen molar-refractivity contribution in [3.8, 4) is 0 Å². The molecule has 4 heteroatoms. The molecule has 0 unspecified atom stereocenters. The van der Waals surface area contributed by atoms with E-state index in [9.17, 15) is 4.79 Å². The van der Waals surface area contributed by atoms with Crippen molar-refractivity contribution in [2.75, 3.05) is 0 Å². The molecule has 19 heavy (non-hydrogen) atoms. The summed E-state index contributed by atoms with van der Waals surface area (Å²) < 4.78 is 0. The third kappa shape index (κ3) is 3.66. The first-order valence-electron chi connectivity index (χ1n) is 5.66. The van der Waals surface area contributed by atoms with Gasteiger partial charge in [-0.3, -0.25) is 9.78 Å². The lowest BCUT2D eigenvalue weighted by Gasteiger charge is -1.99. The number of halogens is 2. The van der Waals surface area contributed by atoms with Crippen LogP contribution in [0.5, 0.6) is 0 Å². The van der Waals surface area contributed by atoms with Gasteiger partial charge in [0.15, 0.2) is 5.78 Å². The molecule has 2 rings (SSSR count). The molecule has 0 saturated heterocycles. The average molecular weight is 292 g/mol. The smallest absolute Gasteiger partial charge is 0.187 e. The van der Waals surface area contributed by atoms with E-state index in [1.807, 2.05) is 6.92 Å². The summed E-state index contributed by atoms with van der Waals surface area (Å²) in [6, 6.07) is 8.68. The lowest BCUT2D eigenvalue weighted by molar-refractivity contribution is 0.104. The average Bonchev–Trinajstić information content (AvgIpc) is 2.38. The van der Waals surface area contributed by atoms with Crippen molar-refractivity contribution in [1.82, 2.24) is 4.98 Å². The predicted molar refractivity (Wildman–Crippen MR) is 78.8 cm³/mol. The first-order valence-corrected chi connectivity index (χ1v) is 6.42. The molecular weight excluding hydrogens is 281 g/mol. The van der Waals surface area contributed by atoms with Gasteiger partial charge in [-0.05, 0) is 48.9 Å². The molecule has 96 valence electrons. The summed E-state index contributed by atoms with van der Waals surface area (Å²) in [7, 11) is 0. The second kappa shape index (κ2) is 6.00. The van der Waals surface area contributed by atoms with Gasteiger partial charge in [0, 0.05) is 27.5 Å². The molecule has 0 saturated carbocycles. The highest BCUT2D eigenvalue weighted by atomic mass is 35.5. The van der Waals surface area contributed by atoms with Crippen LogP contribution in [0, 0.1) is 6.92 Å². The number of nitrogens with zero attached hydrogens (tertiary/aromatic N) is 1. The second-order valence-electron chi connectivity index (χ2n) is 4.05. The number of aromatic nitrogens is 1. The van der Waals surface area contributed by atoms with Gasteiger partial charge >= 0.3 is 0 Å². The number of hydrogen-bond donors (Lipinski definition) is 0. The van der Waals surface area contributed by atoms with Crippen LogP contribution >= 0.6 is 23.2 Å². The van der Waals surface area contributed by atoms with Crippen LogP contribution in [0.4, 0.5) is 0 Å². The first-order chi connectivity index (χ1) is 9.06. The predicted octanol–water partition coefficient (Wildman–Crippen LogP) is 4.59. The van der Waals surface area contributed by atoms with Crippen LogP contribution in [0.3, 0.4) is 0 Å². The van der Waals surface area contributed by atoms with E-state index in [-0.39, 0.29) is 5.78 Å². The monoisotopic (exact) mass is 291 g/mol. The van der Waals surface area contributed by atoms with E-state index in [1.54, 1.807) is 42.6 Å². The second-order valence-corrected chi connectivity index (χ2v) is 4.90. The summed E-state index contributed by atoms with van der Waals surface area (Å²) in [6.07, 6.45) is 4.70. The maximum absolute atomic E-state index is 11.9. The molecule has 0 N–H and O–H groups in total. The van der Waals surface area contributed by atoms with Crippen molar-refractivity contribution in [2.45, 2.75) is 6.92 Å². The fourth-order valence-corrected chi connectivity index (χ4v) is 1.98. The van der Waals surface area contributed by atoms with Gasteiger partial charge in [-0.25, -0.2) is 0 Å². The molecule has 0 aliphatic rings. The Morgan fingerprint density at radius 3 is 2.63 bits per heavy atom. The third-order valence-electron chi connectivity index (χ3n) is 2.57. The van der Waals surface area contributed by atoms with Crippen molar-refractivity contribution in [1.29, 1.82) is 0 Å². The summed E-state index contributed by atoms with van der Waals surface area (Å²) >= 11 is 11.8. The number of ketones is 1. The highest BCUT2D eigenvalue weighted by Crippen LogP contribution is 2.22. The fourth-order valence-electron chi connectivity index (χ4n) is 1.51. The minimum atomic E-state index is -0.112. The van der Waals surface area contributed by atoms with Crippen LogP contribution in [-0.2, 0) is 0 Å². The van der Waals surface area contributed by atoms with Crippen LogP contribution in [0.2, 0.25) is 10.0 Å². The topological polar surface area (TPSA) is 30.0 Å². The van der Waals surface area contributed by atoms with E-state index in [4.69, 9.17) is 23.2 Å². The molecule has 0 spiro atoms. The van der Waals surface area contributed by atoms with Gasteiger partial charge in [-0.15, -0.1) is 0 Å². The maximum atomic E-state index is 11.9. The molecule has 0 amide bonds. The zero-order chi connectivity index (χ0) is 13.8. The van der Waals surface area contributed by atoms with E-state index < -0.39 is 0 Å². The normalized spacial score (nSPS) is 10.9. The molecular formula is C15H11Cl2NO. The van der Waals surface area contributed by atoms with Crippen LogP contribution in [0.25, 0.3) is 6.08 Å². The van der Waals surface area contributed by atoms with Crippen molar-refractivity contribution >= 4 is 35.1 Å². The molecule has 1 aromatic carbocycles. The molecule has 0 aliphatic carbocycles. The summed E-state index contributed by atoms with van der Waals surface area (Å²) in [4.78, 5) is 16.0. The zero-order valence-electron chi connectivity index (χ0n) is 10.2. The molecule has 0 aliphatic heterocycles. The zero-order valence-corrected chi connectivity index (χ0v) is 11.7. The molecule has 2 aromatic rings. The standard InChI is InChI=1S/C15H11Cl2NO/c1-10-2-3-12(9-18-10)15(19)7-5-11-4-6-13(16)8-14(11)17/h2-9H,1H3/b7-5+. The Labute approximate surface area is 121 Å². The summed E-state index contributed by atoms with van der Waals surface area (Å²) in [5.41, 5.74) is 2.17. The third-order valence-corrected chi connectivity index (χ3v) is 3.14. The van der Waals surface area contributed by atoms with E-state index in [0.717, 1.165) is 11.3 Å². The van der Waals surface area contributed by atoms with Gasteiger partial charge in [-0.1, -0.05) is 29.3 Å². The van der Waals surface area contributed by atoms with Crippen molar-refractivity contribution in [3.63, 3.8) is 0 Å². The molecule has 1 heterocycles. The van der Waals surface area contributed by atoms with Gasteiger partial charge in [0.05, 0.1) is 0 Å². The number of hydrogen-bond acceptors (Lipinski definition) is 2. The summed E-state index contributed by atoms with van der Waals surface area (Å²) in [5, 5.41) is 1.08. The van der Waals surface area contributed by atoms with Gasteiger partial charge in [0.1, 0.15) is 0 Å². The molecule has 0 radical (unpaired) electrons. The Morgan fingerprint density at radius 2 is 2.00 bits per heavy atom. The van der Waals surface area contributed by atoms with Crippen molar-refractivity contribution in [2.24, 2.45) is 0 Å². The summed E-state index contributed by atoms with van der Waals surface area (Å²) in [6.45, 7) is 1.87. The Kier molecular flexibility index (Phi) is 4.35. The number of aryl methyl sites for hydroxylation is 1. The highest BCUT2D eigenvalue weighted by Gasteiger charge is 2.03. The number of benzene rings is 1. The van der Waals surface area contributed by atoms with Crippen molar-refractivity contribution < 1.29 is 4.79 Å².